The maximum Gasteiger partial charge on any atom is 0.411 e. The van der Waals surface area contributed by atoms with E-state index in [0.29, 0.717) is 0 Å². The van der Waals surface area contributed by atoms with Crippen molar-refractivity contribution in [1.29, 1.82) is 0 Å². The number of halogens is 3. The van der Waals surface area contributed by atoms with E-state index >= 15 is 0 Å². The molecule has 8 nitrogen and oxygen atoms in total. The fraction of sp³-hybridized carbons (Fsp3) is 0.800. The first-order valence-electron chi connectivity index (χ1n) is 7.79. The number of nitrogens with zero attached hydrogens (tertiary/aromatic N) is 2. The fourth-order valence-corrected chi connectivity index (χ4v) is 2.53. The van der Waals surface area contributed by atoms with Crippen molar-refractivity contribution in [3.05, 3.63) is 0 Å². The average molecular weight is 434 g/mol. The average Bonchev–Trinajstić information content (AvgIpc) is 2.94. The number of likely N-dealkylation sites (tertiary alicyclic amines) is 1. The molecule has 1 aliphatic rings. The summed E-state index contributed by atoms with van der Waals surface area (Å²) in [6.45, 7) is 4.79. The first-order valence-corrected chi connectivity index (χ1v) is 8.92. The molecule has 11 heteroatoms. The largest absolute Gasteiger partial charge is 0.467 e. The third-order valence-corrected chi connectivity index (χ3v) is 3.90. The quantitative estimate of drug-likeness (QED) is 0.386. The monoisotopic (exact) mass is 432 g/mol. The molecule has 2 amide bonds. The summed E-state index contributed by atoms with van der Waals surface area (Å²) >= 11 is 16.7. The number of carbonyl (C=O) groups is 3. The van der Waals surface area contributed by atoms with E-state index < -0.39 is 46.2 Å². The SMILES string of the molecule is COC(=O)[C@@H]1C[C@H](N(C)C(=O)OCC(Cl)(Cl)Cl)CN1C(=O)OC(C)(C)C. The molecule has 0 saturated carbocycles. The summed E-state index contributed by atoms with van der Waals surface area (Å²) in [4.78, 5) is 39.0. The second kappa shape index (κ2) is 8.71. The van der Waals surface area contributed by atoms with Gasteiger partial charge in [-0.05, 0) is 20.8 Å². The van der Waals surface area contributed by atoms with Crippen molar-refractivity contribution in [3.8, 4) is 0 Å². The Kier molecular flexibility index (Phi) is 7.68. The first kappa shape index (κ1) is 22.9. The Morgan fingerprint density at radius 3 is 2.23 bits per heavy atom. The first-order chi connectivity index (χ1) is 11.7. The Hall–Kier alpha value is -1.12. The van der Waals surface area contributed by atoms with Crippen molar-refractivity contribution in [1.82, 2.24) is 9.80 Å². The molecule has 150 valence electrons. The molecule has 0 radical (unpaired) electrons. The molecular weight excluding hydrogens is 411 g/mol. The maximum absolute atomic E-state index is 12.4. The molecule has 2 atom stereocenters. The Labute approximate surface area is 167 Å². The van der Waals surface area contributed by atoms with Gasteiger partial charge in [0.15, 0.2) is 0 Å². The molecule has 1 heterocycles. The lowest BCUT2D eigenvalue weighted by atomic mass is 10.1. The molecule has 26 heavy (non-hydrogen) atoms. The number of alkyl halides is 3. The van der Waals surface area contributed by atoms with Crippen LogP contribution in [-0.2, 0) is 19.0 Å². The van der Waals surface area contributed by atoms with Crippen LogP contribution in [0.25, 0.3) is 0 Å². The fourth-order valence-electron chi connectivity index (χ4n) is 2.37. The van der Waals surface area contributed by atoms with Crippen LogP contribution in [0, 0.1) is 0 Å². The van der Waals surface area contributed by atoms with Gasteiger partial charge < -0.3 is 19.1 Å². The summed E-state index contributed by atoms with van der Waals surface area (Å²) in [7, 11) is 2.69. The highest BCUT2D eigenvalue weighted by molar-refractivity contribution is 6.67. The predicted molar refractivity (Wildman–Crippen MR) is 96.6 cm³/mol. The summed E-state index contributed by atoms with van der Waals surface area (Å²) in [5.74, 6) is -0.596. The van der Waals surface area contributed by atoms with E-state index in [-0.39, 0.29) is 13.0 Å². The molecule has 0 aromatic carbocycles. The zero-order valence-electron chi connectivity index (χ0n) is 15.3. The molecule has 0 aromatic heterocycles. The highest BCUT2D eigenvalue weighted by Crippen LogP contribution is 2.28. The Morgan fingerprint density at radius 2 is 1.77 bits per heavy atom. The number of methoxy groups -OCH3 is 1. The lowest BCUT2D eigenvalue weighted by Crippen LogP contribution is -2.44. The van der Waals surface area contributed by atoms with Crippen molar-refractivity contribution in [2.45, 2.75) is 48.7 Å². The molecule has 1 fully saturated rings. The summed E-state index contributed by atoms with van der Waals surface area (Å²) in [5.41, 5.74) is -0.731. The van der Waals surface area contributed by atoms with Crippen molar-refractivity contribution >= 4 is 53.0 Å². The van der Waals surface area contributed by atoms with Crippen LogP contribution in [0.4, 0.5) is 9.59 Å². The van der Waals surface area contributed by atoms with Crippen LogP contribution in [0.5, 0.6) is 0 Å². The van der Waals surface area contributed by atoms with Crippen LogP contribution in [0.2, 0.25) is 0 Å². The third kappa shape index (κ3) is 6.89. The molecule has 0 bridgehead atoms. The lowest BCUT2D eigenvalue weighted by molar-refractivity contribution is -0.145. The van der Waals surface area contributed by atoms with E-state index in [4.69, 9.17) is 49.0 Å². The smallest absolute Gasteiger partial charge is 0.411 e. The van der Waals surface area contributed by atoms with E-state index in [9.17, 15) is 14.4 Å². The number of esters is 1. The Balaban J connectivity index is 2.84. The molecule has 0 N–H and O–H groups in total. The number of hydrogen-bond donors (Lipinski definition) is 0. The van der Waals surface area contributed by atoms with Gasteiger partial charge in [0, 0.05) is 20.0 Å². The number of rotatable bonds is 3. The van der Waals surface area contributed by atoms with E-state index in [2.05, 4.69) is 0 Å². The molecule has 1 aliphatic heterocycles. The number of ether oxygens (including phenoxy) is 3. The molecule has 0 aromatic rings. The zero-order valence-corrected chi connectivity index (χ0v) is 17.5. The van der Waals surface area contributed by atoms with Gasteiger partial charge in [0.25, 0.3) is 0 Å². The molecule has 1 rings (SSSR count). The zero-order chi connectivity index (χ0) is 20.3. The normalized spacial score (nSPS) is 20.5. The van der Waals surface area contributed by atoms with Crippen LogP contribution in [0.3, 0.4) is 0 Å². The minimum atomic E-state index is -1.73. The van der Waals surface area contributed by atoms with E-state index in [1.54, 1.807) is 20.8 Å². The maximum atomic E-state index is 12.4. The second-order valence-corrected chi connectivity index (χ2v) is 9.36. The Bertz CT molecular complexity index is 546. The van der Waals surface area contributed by atoms with E-state index in [1.165, 1.54) is 24.0 Å². The minimum absolute atomic E-state index is 0.0774. The van der Waals surface area contributed by atoms with Crippen molar-refractivity contribution in [2.75, 3.05) is 27.3 Å². The summed E-state index contributed by atoms with van der Waals surface area (Å²) in [6, 6.07) is -1.36. The van der Waals surface area contributed by atoms with Crippen LogP contribution < -0.4 is 0 Å². The molecule has 0 spiro atoms. The van der Waals surface area contributed by atoms with Gasteiger partial charge in [0.2, 0.25) is 3.79 Å². The van der Waals surface area contributed by atoms with Gasteiger partial charge in [-0.25, -0.2) is 14.4 Å². The van der Waals surface area contributed by atoms with Gasteiger partial charge in [-0.15, -0.1) is 0 Å². The molecule has 0 unspecified atom stereocenters. The van der Waals surface area contributed by atoms with Gasteiger partial charge in [-0.2, -0.15) is 0 Å². The van der Waals surface area contributed by atoms with Crippen molar-refractivity contribution in [2.24, 2.45) is 0 Å². The van der Waals surface area contributed by atoms with Crippen LogP contribution in [0.15, 0.2) is 0 Å². The summed E-state index contributed by atoms with van der Waals surface area (Å²) in [6.07, 6.45) is -1.24. The number of hydrogen-bond acceptors (Lipinski definition) is 6. The van der Waals surface area contributed by atoms with Crippen LogP contribution >= 0.6 is 34.8 Å². The number of likely N-dealkylation sites (N-methyl/N-ethyl adjacent to an activating group) is 1. The summed E-state index contributed by atoms with van der Waals surface area (Å²) < 4.78 is 13.3. The topological polar surface area (TPSA) is 85.4 Å². The van der Waals surface area contributed by atoms with Crippen LogP contribution in [0.1, 0.15) is 27.2 Å². The molecule has 0 aliphatic carbocycles. The predicted octanol–water partition coefficient (Wildman–Crippen LogP) is 2.98. The number of amides is 2. The highest BCUT2D eigenvalue weighted by atomic mass is 35.6. The van der Waals surface area contributed by atoms with Gasteiger partial charge in [-0.1, -0.05) is 34.8 Å². The van der Waals surface area contributed by atoms with Gasteiger partial charge >= 0.3 is 18.2 Å². The number of carbonyl (C=O) groups excluding carboxylic acids is 3. The van der Waals surface area contributed by atoms with Gasteiger partial charge in [0.05, 0.1) is 13.2 Å². The van der Waals surface area contributed by atoms with Crippen LogP contribution in [-0.4, -0.2) is 76.7 Å². The highest BCUT2D eigenvalue weighted by Gasteiger charge is 2.44. The lowest BCUT2D eigenvalue weighted by Gasteiger charge is -2.28. The molecular formula is C15H23Cl3N2O6. The van der Waals surface area contributed by atoms with E-state index in [1.807, 2.05) is 0 Å². The molecule has 1 saturated heterocycles. The van der Waals surface area contributed by atoms with E-state index in [0.717, 1.165) is 0 Å². The second-order valence-electron chi connectivity index (χ2n) is 6.84. The van der Waals surface area contributed by atoms with Crippen molar-refractivity contribution in [3.63, 3.8) is 0 Å². The Morgan fingerprint density at radius 1 is 1.19 bits per heavy atom. The van der Waals surface area contributed by atoms with Crippen molar-refractivity contribution < 1.29 is 28.6 Å². The standard InChI is InChI=1S/C15H23Cl3N2O6/c1-14(2,3)26-13(23)20-7-9(6-10(20)11(21)24-5)19(4)12(22)25-8-15(16,17)18/h9-10H,6-8H2,1-5H3/t9-,10-/m0/s1. The van der Waals surface area contributed by atoms with Gasteiger partial charge in [0.1, 0.15) is 18.2 Å². The summed E-state index contributed by atoms with van der Waals surface area (Å²) in [5, 5.41) is 0. The van der Waals surface area contributed by atoms with Gasteiger partial charge in [-0.3, -0.25) is 4.90 Å². The third-order valence-electron chi connectivity index (χ3n) is 3.58. The minimum Gasteiger partial charge on any atom is -0.467 e.